The molecule has 1 fully saturated rings. The Morgan fingerprint density at radius 1 is 1.06 bits per heavy atom. The maximum Gasteiger partial charge on any atom is 0.165 e. The second-order valence-electron chi connectivity index (χ2n) is 6.06. The summed E-state index contributed by atoms with van der Waals surface area (Å²) in [6.45, 7) is 0.545. The van der Waals surface area contributed by atoms with Crippen LogP contribution in [-0.4, -0.2) is 12.3 Å². The van der Waals surface area contributed by atoms with Crippen LogP contribution in [0.15, 0.2) is 11.6 Å². The smallest absolute Gasteiger partial charge is 0.165 e. The molecule has 2 heteroatoms. The van der Waals surface area contributed by atoms with Gasteiger partial charge in [0.2, 0.25) is 0 Å². The van der Waals surface area contributed by atoms with Crippen molar-refractivity contribution in [2.24, 2.45) is 11.1 Å². The summed E-state index contributed by atoms with van der Waals surface area (Å²) in [6.07, 6.45) is 15.0. The molecule has 2 nitrogen and oxygen atoms in total. The summed E-state index contributed by atoms with van der Waals surface area (Å²) in [5.74, 6) is 0.395. The average molecular weight is 249 g/mol. The maximum atomic E-state index is 12.8. The zero-order valence-electron chi connectivity index (χ0n) is 11.5. The van der Waals surface area contributed by atoms with Crippen LogP contribution in [0.5, 0.6) is 0 Å². The monoisotopic (exact) mass is 249 g/mol. The van der Waals surface area contributed by atoms with E-state index in [0.717, 1.165) is 31.3 Å². The van der Waals surface area contributed by atoms with Crippen molar-refractivity contribution in [1.29, 1.82) is 0 Å². The lowest BCUT2D eigenvalue weighted by molar-refractivity contribution is -0.126. The molecule has 0 atom stereocenters. The number of hydrogen-bond acceptors (Lipinski definition) is 2. The van der Waals surface area contributed by atoms with Gasteiger partial charge in [0, 0.05) is 12.0 Å². The van der Waals surface area contributed by atoms with Crippen LogP contribution >= 0.6 is 0 Å². The van der Waals surface area contributed by atoms with Gasteiger partial charge in [0.05, 0.1) is 0 Å². The number of rotatable bonds is 3. The fourth-order valence-corrected chi connectivity index (χ4v) is 3.49. The van der Waals surface area contributed by atoms with Gasteiger partial charge in [-0.3, -0.25) is 4.79 Å². The predicted molar refractivity (Wildman–Crippen MR) is 75.4 cm³/mol. The second-order valence-corrected chi connectivity index (χ2v) is 6.06. The van der Waals surface area contributed by atoms with E-state index in [-0.39, 0.29) is 5.41 Å². The fraction of sp³-hybridized carbons (Fsp3) is 0.812. The Hall–Kier alpha value is -0.630. The van der Waals surface area contributed by atoms with Crippen molar-refractivity contribution >= 4 is 5.78 Å². The summed E-state index contributed by atoms with van der Waals surface area (Å²) in [5, 5.41) is 0. The number of allylic oxidation sites excluding steroid dienone is 2. The highest BCUT2D eigenvalue weighted by Gasteiger charge is 2.39. The van der Waals surface area contributed by atoms with E-state index in [4.69, 9.17) is 5.73 Å². The van der Waals surface area contributed by atoms with Gasteiger partial charge in [-0.1, -0.05) is 38.2 Å². The molecule has 0 amide bonds. The molecule has 0 spiro atoms. The molecule has 0 saturated heterocycles. The average Bonchev–Trinajstić information content (AvgIpc) is 2.38. The van der Waals surface area contributed by atoms with E-state index in [0.29, 0.717) is 12.3 Å². The topological polar surface area (TPSA) is 43.1 Å². The van der Waals surface area contributed by atoms with E-state index in [9.17, 15) is 4.79 Å². The fourth-order valence-electron chi connectivity index (χ4n) is 3.49. The summed E-state index contributed by atoms with van der Waals surface area (Å²) in [4.78, 5) is 12.8. The van der Waals surface area contributed by atoms with Gasteiger partial charge in [0.25, 0.3) is 0 Å². The highest BCUT2D eigenvalue weighted by atomic mass is 16.1. The van der Waals surface area contributed by atoms with Crippen molar-refractivity contribution < 1.29 is 4.79 Å². The number of ketones is 1. The largest absolute Gasteiger partial charge is 0.329 e. The van der Waals surface area contributed by atoms with Gasteiger partial charge in [0.1, 0.15) is 0 Å². The minimum absolute atomic E-state index is 0.205. The molecule has 2 aliphatic rings. The molecule has 2 rings (SSSR count). The van der Waals surface area contributed by atoms with Crippen LogP contribution < -0.4 is 5.73 Å². The van der Waals surface area contributed by atoms with E-state index in [1.807, 2.05) is 0 Å². The van der Waals surface area contributed by atoms with Crippen LogP contribution in [0.4, 0.5) is 0 Å². The van der Waals surface area contributed by atoms with Gasteiger partial charge in [-0.2, -0.15) is 0 Å². The molecule has 0 unspecified atom stereocenters. The van der Waals surface area contributed by atoms with Gasteiger partial charge < -0.3 is 5.73 Å². The number of carbonyl (C=O) groups excluding carboxylic acids is 1. The van der Waals surface area contributed by atoms with E-state index < -0.39 is 0 Å². The van der Waals surface area contributed by atoms with Crippen LogP contribution in [0.1, 0.15) is 70.6 Å². The maximum absolute atomic E-state index is 12.8. The Morgan fingerprint density at radius 2 is 1.72 bits per heavy atom. The minimum atomic E-state index is -0.205. The molecule has 2 N–H and O–H groups in total. The Kier molecular flexibility index (Phi) is 4.99. The lowest BCUT2D eigenvalue weighted by Crippen LogP contribution is -2.41. The van der Waals surface area contributed by atoms with Crippen molar-refractivity contribution in [2.75, 3.05) is 6.54 Å². The lowest BCUT2D eigenvalue weighted by Gasteiger charge is -2.35. The highest BCUT2D eigenvalue weighted by Crippen LogP contribution is 2.39. The molecule has 0 heterocycles. The van der Waals surface area contributed by atoms with Gasteiger partial charge in [-0.25, -0.2) is 0 Å². The highest BCUT2D eigenvalue weighted by molar-refractivity contribution is 6.00. The number of Topliss-reactive ketones (excluding diaryl/α,β-unsaturated/α-hetero) is 1. The van der Waals surface area contributed by atoms with Crippen molar-refractivity contribution in [3.8, 4) is 0 Å². The van der Waals surface area contributed by atoms with Gasteiger partial charge in [0.15, 0.2) is 5.78 Å². The Morgan fingerprint density at radius 3 is 2.44 bits per heavy atom. The third kappa shape index (κ3) is 3.03. The molecule has 0 aromatic rings. The van der Waals surface area contributed by atoms with Crippen LogP contribution in [0.2, 0.25) is 0 Å². The first-order valence-corrected chi connectivity index (χ1v) is 7.72. The normalized spacial score (nSPS) is 24.8. The molecule has 18 heavy (non-hydrogen) atoms. The van der Waals surface area contributed by atoms with Gasteiger partial charge >= 0.3 is 0 Å². The zero-order chi connectivity index (χ0) is 12.8. The molecule has 0 radical (unpaired) electrons. The van der Waals surface area contributed by atoms with E-state index in [1.54, 1.807) is 0 Å². The third-order valence-corrected chi connectivity index (χ3v) is 4.77. The second kappa shape index (κ2) is 6.51. The summed E-state index contributed by atoms with van der Waals surface area (Å²) in [5.41, 5.74) is 6.86. The standard InChI is InChI=1S/C16H27NO/c17-13-16(11-7-4-8-12-16)15(18)14-9-5-2-1-3-6-10-14/h9H,1-8,10-13,17H2. The SMILES string of the molecule is NCC1(C(=O)C2=CCCCCCC2)CCCCC1. The molecule has 0 aromatic heterocycles. The van der Waals surface area contributed by atoms with Gasteiger partial charge in [-0.15, -0.1) is 0 Å². The first kappa shape index (κ1) is 13.8. The summed E-state index contributed by atoms with van der Waals surface area (Å²) in [7, 11) is 0. The Bertz CT molecular complexity index is 313. The molecule has 0 bridgehead atoms. The molecule has 0 aromatic carbocycles. The van der Waals surface area contributed by atoms with E-state index >= 15 is 0 Å². The first-order chi connectivity index (χ1) is 8.78. The quantitative estimate of drug-likeness (QED) is 0.828. The Labute approximate surface area is 111 Å². The van der Waals surface area contributed by atoms with Crippen molar-refractivity contribution in [3.63, 3.8) is 0 Å². The minimum Gasteiger partial charge on any atom is -0.329 e. The van der Waals surface area contributed by atoms with Crippen LogP contribution in [0.25, 0.3) is 0 Å². The van der Waals surface area contributed by atoms with Gasteiger partial charge in [-0.05, 0) is 44.1 Å². The molecule has 102 valence electrons. The Balaban J connectivity index is 2.11. The summed E-state index contributed by atoms with van der Waals surface area (Å²) < 4.78 is 0. The lowest BCUT2D eigenvalue weighted by atomic mass is 9.68. The zero-order valence-corrected chi connectivity index (χ0v) is 11.5. The molecule has 1 saturated carbocycles. The van der Waals surface area contributed by atoms with Crippen LogP contribution in [0.3, 0.4) is 0 Å². The van der Waals surface area contributed by atoms with Crippen molar-refractivity contribution in [3.05, 3.63) is 11.6 Å². The van der Waals surface area contributed by atoms with Crippen LogP contribution in [-0.2, 0) is 4.79 Å². The molecular formula is C16H27NO. The number of nitrogens with two attached hydrogens (primary N) is 1. The number of hydrogen-bond donors (Lipinski definition) is 1. The summed E-state index contributed by atoms with van der Waals surface area (Å²) >= 11 is 0. The number of carbonyl (C=O) groups is 1. The van der Waals surface area contributed by atoms with Crippen molar-refractivity contribution in [1.82, 2.24) is 0 Å². The molecule has 2 aliphatic carbocycles. The first-order valence-electron chi connectivity index (χ1n) is 7.72. The van der Waals surface area contributed by atoms with E-state index in [2.05, 4.69) is 6.08 Å². The predicted octanol–water partition coefficient (Wildman–Crippen LogP) is 3.75. The van der Waals surface area contributed by atoms with E-state index in [1.165, 1.54) is 44.9 Å². The van der Waals surface area contributed by atoms with Crippen molar-refractivity contribution in [2.45, 2.75) is 70.6 Å². The summed E-state index contributed by atoms with van der Waals surface area (Å²) in [6, 6.07) is 0. The third-order valence-electron chi connectivity index (χ3n) is 4.77. The molecular weight excluding hydrogens is 222 g/mol. The molecule has 0 aliphatic heterocycles. The van der Waals surface area contributed by atoms with Crippen LogP contribution in [0, 0.1) is 5.41 Å².